The Bertz CT molecular complexity index is 581. The average molecular weight is 314 g/mol. The number of benzene rings is 1. The van der Waals surface area contributed by atoms with Gasteiger partial charge in [-0.15, -0.1) is 0 Å². The SMILES string of the molecule is C[C@@H](CC(=O)Oc1ccc(S(=O)(=O)O)cc1)CC(C)(C)C. The van der Waals surface area contributed by atoms with E-state index in [2.05, 4.69) is 20.8 Å². The Morgan fingerprint density at radius 2 is 1.76 bits per heavy atom. The van der Waals surface area contributed by atoms with E-state index >= 15 is 0 Å². The second-order valence-electron chi connectivity index (χ2n) is 6.49. The lowest BCUT2D eigenvalue weighted by Crippen LogP contribution is -2.17. The third-order valence-corrected chi connectivity index (χ3v) is 3.70. The molecule has 1 rings (SSSR count). The van der Waals surface area contributed by atoms with Crippen LogP contribution in [0.5, 0.6) is 5.75 Å². The molecule has 0 heterocycles. The molecule has 1 atom stereocenters. The molecule has 0 aliphatic rings. The number of carbonyl (C=O) groups is 1. The normalized spacial score (nSPS) is 13.8. The largest absolute Gasteiger partial charge is 0.427 e. The van der Waals surface area contributed by atoms with Gasteiger partial charge in [0.05, 0.1) is 4.90 Å². The van der Waals surface area contributed by atoms with Crippen molar-refractivity contribution in [3.8, 4) is 5.75 Å². The smallest absolute Gasteiger partial charge is 0.311 e. The Morgan fingerprint density at radius 1 is 1.24 bits per heavy atom. The summed E-state index contributed by atoms with van der Waals surface area (Å²) in [6.45, 7) is 8.34. The summed E-state index contributed by atoms with van der Waals surface area (Å²) in [5.41, 5.74) is 0.150. The topological polar surface area (TPSA) is 80.7 Å². The van der Waals surface area contributed by atoms with Gasteiger partial charge < -0.3 is 4.74 Å². The fourth-order valence-corrected chi connectivity index (χ4v) is 2.73. The summed E-state index contributed by atoms with van der Waals surface area (Å²) in [5.74, 6) is 0.108. The Balaban J connectivity index is 2.59. The van der Waals surface area contributed by atoms with E-state index in [4.69, 9.17) is 9.29 Å². The number of rotatable bonds is 5. The van der Waals surface area contributed by atoms with Crippen LogP contribution >= 0.6 is 0 Å². The maximum Gasteiger partial charge on any atom is 0.311 e. The van der Waals surface area contributed by atoms with Crippen LogP contribution in [0.4, 0.5) is 0 Å². The zero-order valence-electron chi connectivity index (χ0n) is 12.8. The molecule has 0 fully saturated rings. The van der Waals surface area contributed by atoms with E-state index in [-0.39, 0.29) is 27.9 Å². The van der Waals surface area contributed by atoms with Gasteiger partial charge in [0.2, 0.25) is 0 Å². The van der Waals surface area contributed by atoms with Crippen molar-refractivity contribution in [1.29, 1.82) is 0 Å². The van der Waals surface area contributed by atoms with Crippen LogP contribution in [-0.2, 0) is 14.9 Å². The lowest BCUT2D eigenvalue weighted by Gasteiger charge is -2.22. The van der Waals surface area contributed by atoms with E-state index in [0.717, 1.165) is 6.42 Å². The van der Waals surface area contributed by atoms with Crippen molar-refractivity contribution in [3.05, 3.63) is 24.3 Å². The number of carbonyl (C=O) groups excluding carboxylic acids is 1. The first kappa shape index (κ1) is 17.7. The van der Waals surface area contributed by atoms with Crippen molar-refractivity contribution in [3.63, 3.8) is 0 Å². The zero-order valence-corrected chi connectivity index (χ0v) is 13.6. The van der Waals surface area contributed by atoms with Crippen LogP contribution in [0.15, 0.2) is 29.2 Å². The quantitative estimate of drug-likeness (QED) is 0.512. The van der Waals surface area contributed by atoms with E-state index in [0.29, 0.717) is 6.42 Å². The minimum Gasteiger partial charge on any atom is -0.427 e. The van der Waals surface area contributed by atoms with Crippen LogP contribution in [0, 0.1) is 11.3 Å². The highest BCUT2D eigenvalue weighted by atomic mass is 32.2. The van der Waals surface area contributed by atoms with Gasteiger partial charge >= 0.3 is 5.97 Å². The van der Waals surface area contributed by atoms with Gasteiger partial charge in [0.1, 0.15) is 5.75 Å². The lowest BCUT2D eigenvalue weighted by atomic mass is 9.84. The van der Waals surface area contributed by atoms with Crippen LogP contribution in [0.3, 0.4) is 0 Å². The fourth-order valence-electron chi connectivity index (χ4n) is 2.25. The van der Waals surface area contributed by atoms with Crippen molar-refractivity contribution in [1.82, 2.24) is 0 Å². The molecule has 118 valence electrons. The predicted molar refractivity (Wildman–Crippen MR) is 79.7 cm³/mol. The number of esters is 1. The van der Waals surface area contributed by atoms with E-state index in [1.807, 2.05) is 6.92 Å². The molecular formula is C15H22O5S. The van der Waals surface area contributed by atoms with Gasteiger partial charge in [-0.1, -0.05) is 27.7 Å². The molecular weight excluding hydrogens is 292 g/mol. The molecule has 0 aromatic heterocycles. The van der Waals surface area contributed by atoms with Gasteiger partial charge in [0.25, 0.3) is 10.1 Å². The Kier molecular flexibility index (Phi) is 5.53. The summed E-state index contributed by atoms with van der Waals surface area (Å²) >= 11 is 0. The van der Waals surface area contributed by atoms with E-state index in [1.165, 1.54) is 24.3 Å². The molecule has 1 N–H and O–H groups in total. The Labute approximate surface area is 126 Å². The van der Waals surface area contributed by atoms with Crippen LogP contribution in [0.2, 0.25) is 0 Å². The Hall–Kier alpha value is -1.40. The molecule has 21 heavy (non-hydrogen) atoms. The van der Waals surface area contributed by atoms with Crippen molar-refractivity contribution < 1.29 is 22.5 Å². The third kappa shape index (κ3) is 6.73. The molecule has 0 radical (unpaired) electrons. The fraction of sp³-hybridized carbons (Fsp3) is 0.533. The van der Waals surface area contributed by atoms with Crippen molar-refractivity contribution >= 4 is 16.1 Å². The van der Waals surface area contributed by atoms with Crippen molar-refractivity contribution in [2.45, 2.75) is 45.4 Å². The number of hydrogen-bond acceptors (Lipinski definition) is 4. The summed E-state index contributed by atoms with van der Waals surface area (Å²) in [6.07, 6.45) is 1.21. The average Bonchev–Trinajstić information content (AvgIpc) is 2.25. The van der Waals surface area contributed by atoms with Crippen molar-refractivity contribution in [2.75, 3.05) is 0 Å². The molecule has 0 aliphatic carbocycles. The second kappa shape index (κ2) is 6.58. The third-order valence-electron chi connectivity index (χ3n) is 2.83. The number of hydrogen-bond donors (Lipinski definition) is 1. The molecule has 1 aromatic rings. The maximum atomic E-state index is 11.8. The van der Waals surface area contributed by atoms with Gasteiger partial charge in [0.15, 0.2) is 0 Å². The summed E-state index contributed by atoms with van der Waals surface area (Å²) < 4.78 is 35.8. The molecule has 0 bridgehead atoms. The molecule has 0 amide bonds. The first-order chi connectivity index (χ1) is 9.47. The van der Waals surface area contributed by atoms with E-state index < -0.39 is 10.1 Å². The van der Waals surface area contributed by atoms with Gasteiger partial charge in [-0.05, 0) is 42.0 Å². The minimum atomic E-state index is -4.23. The molecule has 0 saturated carbocycles. The van der Waals surface area contributed by atoms with Gasteiger partial charge in [-0.25, -0.2) is 0 Å². The number of ether oxygens (including phenoxy) is 1. The summed E-state index contributed by atoms with van der Waals surface area (Å²) in [6, 6.07) is 5.07. The summed E-state index contributed by atoms with van der Waals surface area (Å²) in [7, 11) is -4.23. The van der Waals surface area contributed by atoms with E-state index in [9.17, 15) is 13.2 Å². The van der Waals surface area contributed by atoms with Gasteiger partial charge in [-0.3, -0.25) is 9.35 Å². The predicted octanol–water partition coefficient (Wildman–Crippen LogP) is 3.30. The van der Waals surface area contributed by atoms with Gasteiger partial charge in [0, 0.05) is 6.42 Å². The highest BCUT2D eigenvalue weighted by Gasteiger charge is 2.19. The standard InChI is InChI=1S/C15H22O5S/c1-11(10-15(2,3)4)9-14(16)20-12-5-7-13(8-6-12)21(17,18)19/h5-8,11H,9-10H2,1-4H3,(H,17,18,19)/t11-/m0/s1. The first-order valence-corrected chi connectivity index (χ1v) is 8.19. The highest BCUT2D eigenvalue weighted by Crippen LogP contribution is 2.26. The molecule has 0 saturated heterocycles. The lowest BCUT2D eigenvalue weighted by molar-refractivity contribution is -0.135. The molecule has 0 unspecified atom stereocenters. The van der Waals surface area contributed by atoms with Crippen LogP contribution in [-0.4, -0.2) is 18.9 Å². The maximum absolute atomic E-state index is 11.8. The molecule has 0 spiro atoms. The summed E-state index contributed by atoms with van der Waals surface area (Å²) in [5, 5.41) is 0. The van der Waals surface area contributed by atoms with Crippen LogP contribution < -0.4 is 4.74 Å². The molecule has 1 aromatic carbocycles. The molecule has 5 nitrogen and oxygen atoms in total. The molecule has 6 heteroatoms. The highest BCUT2D eigenvalue weighted by molar-refractivity contribution is 7.85. The zero-order chi connectivity index (χ0) is 16.3. The first-order valence-electron chi connectivity index (χ1n) is 6.75. The van der Waals surface area contributed by atoms with Crippen molar-refractivity contribution in [2.24, 2.45) is 11.3 Å². The van der Waals surface area contributed by atoms with Crippen LogP contribution in [0.1, 0.15) is 40.5 Å². The van der Waals surface area contributed by atoms with Gasteiger partial charge in [-0.2, -0.15) is 8.42 Å². The molecule has 0 aliphatic heterocycles. The Morgan fingerprint density at radius 3 is 2.19 bits per heavy atom. The van der Waals surface area contributed by atoms with E-state index in [1.54, 1.807) is 0 Å². The minimum absolute atomic E-state index is 0.150. The van der Waals surface area contributed by atoms with Crippen LogP contribution in [0.25, 0.3) is 0 Å². The summed E-state index contributed by atoms with van der Waals surface area (Å²) in [4.78, 5) is 11.6. The monoisotopic (exact) mass is 314 g/mol. The second-order valence-corrected chi connectivity index (χ2v) is 7.92.